The molecule has 0 aromatic heterocycles. The molecule has 1 aliphatic carbocycles. The molecule has 0 heterocycles. The van der Waals surface area contributed by atoms with Gasteiger partial charge in [-0.05, 0) is 25.7 Å². The molecule has 0 aromatic rings. The van der Waals surface area contributed by atoms with Gasteiger partial charge in [0.2, 0.25) is 6.41 Å². The van der Waals surface area contributed by atoms with Crippen molar-refractivity contribution in [3.05, 3.63) is 0 Å². The van der Waals surface area contributed by atoms with Crippen LogP contribution >= 0.6 is 0 Å². The molecule has 0 unspecified atom stereocenters. The van der Waals surface area contributed by atoms with Crippen LogP contribution in [0.4, 0.5) is 0 Å². The van der Waals surface area contributed by atoms with Crippen LogP contribution in [0.5, 0.6) is 0 Å². The second kappa shape index (κ2) is 7.84. The van der Waals surface area contributed by atoms with Crippen molar-refractivity contribution in [2.75, 3.05) is 7.05 Å². The second-order valence-electron chi connectivity index (χ2n) is 3.91. The van der Waals surface area contributed by atoms with Crippen molar-refractivity contribution >= 4 is 6.41 Å². The third-order valence-corrected chi connectivity index (χ3v) is 3.14. The van der Waals surface area contributed by atoms with Gasteiger partial charge in [-0.15, -0.1) is 0 Å². The van der Waals surface area contributed by atoms with Crippen LogP contribution in [-0.2, 0) is 4.79 Å². The fourth-order valence-electron chi connectivity index (χ4n) is 2.05. The van der Waals surface area contributed by atoms with Gasteiger partial charge in [0.15, 0.2) is 0 Å². The molecule has 1 rings (SSSR count). The minimum Gasteiger partial charge on any atom is -0.345 e. The monoisotopic (exact) mass is 199 g/mol. The number of nitrogens with zero attached hydrogens (tertiary/aromatic N) is 1. The van der Waals surface area contributed by atoms with E-state index in [2.05, 4.69) is 6.92 Å². The molecule has 14 heavy (non-hydrogen) atoms. The normalized spacial score (nSPS) is 19.1. The van der Waals surface area contributed by atoms with Crippen molar-refractivity contribution < 1.29 is 4.79 Å². The Morgan fingerprint density at radius 1 is 1.21 bits per heavy atom. The van der Waals surface area contributed by atoms with Gasteiger partial charge in [0.05, 0.1) is 0 Å². The van der Waals surface area contributed by atoms with Gasteiger partial charge in [-0.2, -0.15) is 0 Å². The summed E-state index contributed by atoms with van der Waals surface area (Å²) < 4.78 is 0. The lowest BCUT2D eigenvalue weighted by atomic mass is 9.84. The summed E-state index contributed by atoms with van der Waals surface area (Å²) in [5.41, 5.74) is 0. The number of hydrogen-bond donors (Lipinski definition) is 0. The van der Waals surface area contributed by atoms with E-state index in [0.717, 1.165) is 12.3 Å². The molecule has 0 N–H and O–H groups in total. The lowest BCUT2D eigenvalue weighted by molar-refractivity contribution is -0.119. The molecule has 0 bridgehead atoms. The standard InChI is InChI=1S/C10H19NO.C2H6/c1-9(11(2)8-12)10-6-4-3-5-7-10;1-2/h8-10H,3-7H2,1-2H3;1-2H3/t9-;/m0./s1. The highest BCUT2D eigenvalue weighted by Crippen LogP contribution is 2.27. The first-order valence-corrected chi connectivity index (χ1v) is 5.93. The topological polar surface area (TPSA) is 20.3 Å². The van der Waals surface area contributed by atoms with Gasteiger partial charge in [0, 0.05) is 13.1 Å². The minimum absolute atomic E-state index is 0.433. The van der Waals surface area contributed by atoms with Crippen LogP contribution in [0.25, 0.3) is 0 Å². The number of carbonyl (C=O) groups excluding carboxylic acids is 1. The van der Waals surface area contributed by atoms with Crippen LogP contribution in [0.2, 0.25) is 0 Å². The third kappa shape index (κ3) is 4.12. The van der Waals surface area contributed by atoms with Crippen molar-refractivity contribution in [1.82, 2.24) is 4.90 Å². The largest absolute Gasteiger partial charge is 0.345 e. The molecule has 0 aliphatic heterocycles. The average molecular weight is 199 g/mol. The first kappa shape index (κ1) is 13.5. The Labute approximate surface area is 88.7 Å². The van der Waals surface area contributed by atoms with Gasteiger partial charge in [-0.3, -0.25) is 4.79 Å². The van der Waals surface area contributed by atoms with Crippen molar-refractivity contribution in [3.8, 4) is 0 Å². The summed E-state index contributed by atoms with van der Waals surface area (Å²) in [7, 11) is 1.88. The Kier molecular flexibility index (Phi) is 7.54. The Balaban J connectivity index is 0.000000791. The minimum atomic E-state index is 0.433. The van der Waals surface area contributed by atoms with Crippen molar-refractivity contribution in [2.45, 2.75) is 58.9 Å². The smallest absolute Gasteiger partial charge is 0.209 e. The number of hydrogen-bond acceptors (Lipinski definition) is 1. The first-order valence-electron chi connectivity index (χ1n) is 5.93. The van der Waals surface area contributed by atoms with Crippen LogP contribution in [0.15, 0.2) is 0 Å². The van der Waals surface area contributed by atoms with E-state index in [1.807, 2.05) is 20.9 Å². The molecule has 0 spiro atoms. The molecule has 1 aliphatic rings. The molecule has 0 radical (unpaired) electrons. The summed E-state index contributed by atoms with van der Waals surface area (Å²) in [5, 5.41) is 0. The Hall–Kier alpha value is -0.530. The van der Waals surface area contributed by atoms with Crippen LogP contribution < -0.4 is 0 Å². The summed E-state index contributed by atoms with van der Waals surface area (Å²) in [6, 6.07) is 0.433. The van der Waals surface area contributed by atoms with Crippen LogP contribution in [0.3, 0.4) is 0 Å². The zero-order valence-electron chi connectivity index (χ0n) is 10.1. The fraction of sp³-hybridized carbons (Fsp3) is 0.917. The summed E-state index contributed by atoms with van der Waals surface area (Å²) in [5.74, 6) is 0.744. The quantitative estimate of drug-likeness (QED) is 0.640. The van der Waals surface area contributed by atoms with Gasteiger partial charge in [0.1, 0.15) is 0 Å². The summed E-state index contributed by atoms with van der Waals surface area (Å²) >= 11 is 0. The van der Waals surface area contributed by atoms with Gasteiger partial charge >= 0.3 is 0 Å². The SMILES string of the molecule is CC.C[C@@H](C1CCCCC1)N(C)C=O. The van der Waals surface area contributed by atoms with Gasteiger partial charge in [0.25, 0.3) is 0 Å². The molecule has 1 fully saturated rings. The zero-order valence-corrected chi connectivity index (χ0v) is 10.1. The second-order valence-corrected chi connectivity index (χ2v) is 3.91. The van der Waals surface area contributed by atoms with E-state index < -0.39 is 0 Å². The number of carbonyl (C=O) groups is 1. The lowest BCUT2D eigenvalue weighted by Gasteiger charge is -2.32. The van der Waals surface area contributed by atoms with E-state index in [-0.39, 0.29) is 0 Å². The first-order chi connectivity index (χ1) is 6.75. The van der Waals surface area contributed by atoms with Crippen LogP contribution in [0.1, 0.15) is 52.9 Å². The fourth-order valence-corrected chi connectivity index (χ4v) is 2.05. The van der Waals surface area contributed by atoms with Crippen molar-refractivity contribution in [2.24, 2.45) is 5.92 Å². The predicted octanol–water partition coefficient (Wildman–Crippen LogP) is 3.07. The Morgan fingerprint density at radius 3 is 2.14 bits per heavy atom. The molecule has 2 nitrogen and oxygen atoms in total. The van der Waals surface area contributed by atoms with Gasteiger partial charge in [-0.1, -0.05) is 33.1 Å². The van der Waals surface area contributed by atoms with E-state index in [0.29, 0.717) is 6.04 Å². The van der Waals surface area contributed by atoms with E-state index >= 15 is 0 Å². The van der Waals surface area contributed by atoms with Crippen LogP contribution in [0, 0.1) is 5.92 Å². The molecule has 1 atom stereocenters. The summed E-state index contributed by atoms with van der Waals surface area (Å²) in [6.45, 7) is 6.16. The van der Waals surface area contributed by atoms with E-state index in [1.165, 1.54) is 32.1 Å². The van der Waals surface area contributed by atoms with E-state index in [1.54, 1.807) is 4.90 Å². The number of amides is 1. The maximum atomic E-state index is 10.5. The molecule has 2 heteroatoms. The van der Waals surface area contributed by atoms with Gasteiger partial charge in [-0.25, -0.2) is 0 Å². The Morgan fingerprint density at radius 2 is 1.71 bits per heavy atom. The lowest BCUT2D eigenvalue weighted by Crippen LogP contribution is -2.35. The molecular weight excluding hydrogens is 174 g/mol. The highest BCUT2D eigenvalue weighted by atomic mass is 16.1. The van der Waals surface area contributed by atoms with E-state index in [9.17, 15) is 4.79 Å². The Bertz CT molecular complexity index is 141. The average Bonchev–Trinajstić information content (AvgIpc) is 2.31. The molecular formula is C12H25NO. The molecule has 0 saturated heterocycles. The summed E-state index contributed by atoms with van der Waals surface area (Å²) in [4.78, 5) is 12.3. The highest BCUT2D eigenvalue weighted by Gasteiger charge is 2.21. The molecule has 84 valence electrons. The van der Waals surface area contributed by atoms with Crippen LogP contribution in [-0.4, -0.2) is 24.4 Å². The molecule has 0 aromatic carbocycles. The predicted molar refractivity (Wildman–Crippen MR) is 61.2 cm³/mol. The third-order valence-electron chi connectivity index (χ3n) is 3.14. The highest BCUT2D eigenvalue weighted by molar-refractivity contribution is 5.46. The summed E-state index contributed by atoms with van der Waals surface area (Å²) in [6.07, 6.45) is 7.63. The van der Waals surface area contributed by atoms with Gasteiger partial charge < -0.3 is 4.90 Å². The maximum Gasteiger partial charge on any atom is 0.209 e. The molecule has 1 saturated carbocycles. The maximum absolute atomic E-state index is 10.5. The number of rotatable bonds is 3. The molecule has 1 amide bonds. The van der Waals surface area contributed by atoms with Crippen molar-refractivity contribution in [1.29, 1.82) is 0 Å². The van der Waals surface area contributed by atoms with E-state index in [4.69, 9.17) is 0 Å². The zero-order chi connectivity index (χ0) is 11.0. The van der Waals surface area contributed by atoms with Crippen molar-refractivity contribution in [3.63, 3.8) is 0 Å².